The molecule has 1 saturated heterocycles. The van der Waals surface area contributed by atoms with Crippen LogP contribution in [0.3, 0.4) is 0 Å². The highest BCUT2D eigenvalue weighted by Gasteiger charge is 2.85. The molecule has 3 saturated carbocycles. The predicted molar refractivity (Wildman–Crippen MR) is 119 cm³/mol. The molecular formula is C27H33NO3. The van der Waals surface area contributed by atoms with Gasteiger partial charge in [-0.3, -0.25) is 0 Å². The number of aliphatic hydroxyl groups is 1. The SMILES string of the molecule is CC(C)(O)C1CC[C@@]2(C=O)C[C@@]34CCC[C@H]5Cc6c([nH]c7ccccc67)[C@@]53C4CC2O1. The lowest BCUT2D eigenvalue weighted by atomic mass is 9.61. The van der Waals surface area contributed by atoms with E-state index in [1.807, 2.05) is 13.8 Å². The van der Waals surface area contributed by atoms with Gasteiger partial charge >= 0.3 is 0 Å². The molecule has 4 nitrogen and oxygen atoms in total. The number of aromatic nitrogens is 1. The van der Waals surface area contributed by atoms with Crippen LogP contribution in [0.15, 0.2) is 24.3 Å². The molecule has 4 heteroatoms. The molecule has 1 aromatic carbocycles. The molecule has 4 fully saturated rings. The minimum atomic E-state index is -0.862. The number of ether oxygens (including phenoxy) is 1. The van der Waals surface area contributed by atoms with Crippen LogP contribution in [0.2, 0.25) is 0 Å². The van der Waals surface area contributed by atoms with Gasteiger partial charge in [0.1, 0.15) is 6.29 Å². The minimum absolute atomic E-state index is 0.0557. The first-order valence-corrected chi connectivity index (χ1v) is 12.3. The van der Waals surface area contributed by atoms with E-state index in [1.54, 1.807) is 5.56 Å². The number of aromatic amines is 1. The summed E-state index contributed by atoms with van der Waals surface area (Å²) in [6, 6.07) is 8.78. The van der Waals surface area contributed by atoms with Crippen molar-refractivity contribution < 1.29 is 14.6 Å². The van der Waals surface area contributed by atoms with Gasteiger partial charge in [0.2, 0.25) is 0 Å². The van der Waals surface area contributed by atoms with Gasteiger partial charge in [-0.15, -0.1) is 0 Å². The fraction of sp³-hybridized carbons (Fsp3) is 0.667. The Hall–Kier alpha value is -1.65. The lowest BCUT2D eigenvalue weighted by Crippen LogP contribution is -2.54. The number of hydrogen-bond acceptors (Lipinski definition) is 3. The first kappa shape index (κ1) is 18.9. The lowest BCUT2D eigenvalue weighted by molar-refractivity contribution is -0.200. The van der Waals surface area contributed by atoms with E-state index in [0.29, 0.717) is 11.8 Å². The largest absolute Gasteiger partial charge is 0.388 e. The molecule has 7 atom stereocenters. The summed E-state index contributed by atoms with van der Waals surface area (Å²) in [4.78, 5) is 16.5. The monoisotopic (exact) mass is 419 g/mol. The summed E-state index contributed by atoms with van der Waals surface area (Å²) in [5, 5.41) is 12.0. The third kappa shape index (κ3) is 2.04. The number of benzene rings is 1. The van der Waals surface area contributed by atoms with Gasteiger partial charge in [-0.25, -0.2) is 0 Å². The number of para-hydroxylation sites is 1. The van der Waals surface area contributed by atoms with Crippen molar-refractivity contribution in [1.29, 1.82) is 0 Å². The van der Waals surface area contributed by atoms with Crippen molar-refractivity contribution in [2.45, 2.75) is 88.4 Å². The number of nitrogens with one attached hydrogen (secondary N) is 1. The van der Waals surface area contributed by atoms with E-state index in [4.69, 9.17) is 4.74 Å². The topological polar surface area (TPSA) is 62.3 Å². The van der Waals surface area contributed by atoms with Gasteiger partial charge in [-0.2, -0.15) is 0 Å². The van der Waals surface area contributed by atoms with E-state index < -0.39 is 5.60 Å². The van der Waals surface area contributed by atoms with Gasteiger partial charge in [0.25, 0.3) is 0 Å². The average Bonchev–Trinajstić information content (AvgIpc) is 2.99. The molecular weight excluding hydrogens is 386 g/mol. The van der Waals surface area contributed by atoms with Crippen molar-refractivity contribution in [3.8, 4) is 0 Å². The zero-order valence-corrected chi connectivity index (χ0v) is 18.6. The summed E-state index contributed by atoms with van der Waals surface area (Å²) < 4.78 is 6.55. The Morgan fingerprint density at radius 1 is 1.23 bits per heavy atom. The maximum Gasteiger partial charge on any atom is 0.128 e. The first-order valence-electron chi connectivity index (χ1n) is 12.3. The normalized spacial score (nSPS) is 45.3. The first-order chi connectivity index (χ1) is 14.9. The van der Waals surface area contributed by atoms with Crippen LogP contribution < -0.4 is 0 Å². The molecule has 0 amide bonds. The molecule has 2 aromatic rings. The molecule has 5 aliphatic rings. The van der Waals surface area contributed by atoms with E-state index in [2.05, 4.69) is 29.2 Å². The second-order valence-electron chi connectivity index (χ2n) is 12.0. The Morgan fingerprint density at radius 3 is 2.87 bits per heavy atom. The van der Waals surface area contributed by atoms with E-state index in [9.17, 15) is 9.90 Å². The number of fused-ring (bicyclic) bond motifs is 4. The number of H-pyrrole nitrogens is 1. The maximum atomic E-state index is 12.6. The van der Waals surface area contributed by atoms with Gasteiger partial charge in [0.15, 0.2) is 0 Å². The Kier molecular flexibility index (Phi) is 3.43. The summed E-state index contributed by atoms with van der Waals surface area (Å²) in [6.45, 7) is 3.69. The van der Waals surface area contributed by atoms with Gasteiger partial charge in [-0.05, 0) is 87.7 Å². The van der Waals surface area contributed by atoms with Gasteiger partial charge < -0.3 is 19.6 Å². The standard InChI is InChI=1S/C27H33NO3/c1-24(2,30)21-9-11-25(15-29)14-26-10-5-6-16-12-18-17-7-3-4-8-19(17)28-23(18)27(16,26)20(26)13-22(25)31-21/h3-4,7-8,15-16,20-22,28,30H,5-6,9-14H2,1-2H3/t16-,20?,21?,22?,25-,26+,27-/m0/s1. The quantitative estimate of drug-likeness (QED) is 0.695. The highest BCUT2D eigenvalue weighted by Crippen LogP contribution is 2.86. The Labute approximate surface area is 183 Å². The van der Waals surface area contributed by atoms with E-state index in [1.165, 1.54) is 48.6 Å². The van der Waals surface area contributed by atoms with Crippen molar-refractivity contribution in [2.24, 2.45) is 22.7 Å². The molecule has 3 unspecified atom stereocenters. The fourth-order valence-corrected chi connectivity index (χ4v) is 9.30. The van der Waals surface area contributed by atoms with Gasteiger partial charge in [-0.1, -0.05) is 24.6 Å². The number of rotatable bonds is 2. The summed E-state index contributed by atoms with van der Waals surface area (Å²) in [5.74, 6) is 1.30. The number of aldehydes is 1. The molecule has 1 aliphatic heterocycles. The van der Waals surface area contributed by atoms with Crippen LogP contribution in [-0.2, 0) is 21.4 Å². The van der Waals surface area contributed by atoms with Crippen LogP contribution in [0.5, 0.6) is 0 Å². The van der Waals surface area contributed by atoms with Crippen molar-refractivity contribution >= 4 is 17.2 Å². The molecule has 0 radical (unpaired) electrons. The number of carbonyl (C=O) groups excluding carboxylic acids is 1. The molecule has 0 bridgehead atoms. The summed E-state index contributed by atoms with van der Waals surface area (Å²) >= 11 is 0. The van der Waals surface area contributed by atoms with Crippen LogP contribution in [0, 0.1) is 22.7 Å². The van der Waals surface area contributed by atoms with Crippen LogP contribution in [0.1, 0.15) is 70.1 Å². The molecule has 2 spiro atoms. The summed E-state index contributed by atoms with van der Waals surface area (Å²) in [6.07, 6.45) is 9.61. The highest BCUT2D eigenvalue weighted by molar-refractivity contribution is 5.87. The average molecular weight is 420 g/mol. The molecule has 2 N–H and O–H groups in total. The second kappa shape index (κ2) is 5.63. The number of hydrogen-bond donors (Lipinski definition) is 2. The second-order valence-corrected chi connectivity index (χ2v) is 12.0. The summed E-state index contributed by atoms with van der Waals surface area (Å²) in [5.41, 5.74) is 3.55. The van der Waals surface area contributed by atoms with Crippen molar-refractivity contribution in [1.82, 2.24) is 4.98 Å². The fourth-order valence-electron chi connectivity index (χ4n) is 9.30. The lowest BCUT2D eigenvalue weighted by Gasteiger charge is -2.50. The maximum absolute atomic E-state index is 12.6. The summed E-state index contributed by atoms with van der Waals surface area (Å²) in [7, 11) is 0. The Bertz CT molecular complexity index is 1100. The van der Waals surface area contributed by atoms with E-state index in [0.717, 1.165) is 25.7 Å². The molecule has 31 heavy (non-hydrogen) atoms. The molecule has 7 rings (SSSR count). The zero-order valence-electron chi connectivity index (χ0n) is 18.6. The van der Waals surface area contributed by atoms with Gasteiger partial charge in [0.05, 0.1) is 23.2 Å². The van der Waals surface area contributed by atoms with Crippen LogP contribution in [0.4, 0.5) is 0 Å². The van der Waals surface area contributed by atoms with Crippen molar-refractivity contribution in [2.75, 3.05) is 0 Å². The third-order valence-corrected chi connectivity index (χ3v) is 10.4. The van der Waals surface area contributed by atoms with E-state index >= 15 is 0 Å². The van der Waals surface area contributed by atoms with Gasteiger partial charge in [0, 0.05) is 22.0 Å². The smallest absolute Gasteiger partial charge is 0.128 e. The minimum Gasteiger partial charge on any atom is -0.388 e. The van der Waals surface area contributed by atoms with Crippen LogP contribution in [0.25, 0.3) is 10.9 Å². The highest BCUT2D eigenvalue weighted by atomic mass is 16.5. The predicted octanol–water partition coefficient (Wildman–Crippen LogP) is 4.68. The molecule has 4 aliphatic carbocycles. The Balaban J connectivity index is 1.35. The van der Waals surface area contributed by atoms with E-state index in [-0.39, 0.29) is 28.5 Å². The molecule has 164 valence electrons. The van der Waals surface area contributed by atoms with Crippen LogP contribution in [-0.4, -0.2) is 34.2 Å². The van der Waals surface area contributed by atoms with Crippen molar-refractivity contribution in [3.63, 3.8) is 0 Å². The molecule has 2 heterocycles. The van der Waals surface area contributed by atoms with Crippen LogP contribution >= 0.6 is 0 Å². The molecule has 1 aromatic heterocycles. The van der Waals surface area contributed by atoms with Crippen molar-refractivity contribution in [3.05, 3.63) is 35.5 Å². The Morgan fingerprint density at radius 2 is 2.06 bits per heavy atom. The zero-order chi connectivity index (χ0) is 21.2. The third-order valence-electron chi connectivity index (χ3n) is 10.4. The number of carbonyl (C=O) groups is 1.